The second-order valence-electron chi connectivity index (χ2n) is 5.20. The van der Waals surface area contributed by atoms with Gasteiger partial charge in [-0.2, -0.15) is 4.98 Å². The molecule has 0 atom stereocenters. The van der Waals surface area contributed by atoms with Crippen LogP contribution >= 0.6 is 31.9 Å². The summed E-state index contributed by atoms with van der Waals surface area (Å²) in [6, 6.07) is 15.0. The molecule has 3 aromatic rings. The summed E-state index contributed by atoms with van der Waals surface area (Å²) >= 11 is 6.53. The van der Waals surface area contributed by atoms with Crippen molar-refractivity contribution in [2.45, 2.75) is 6.61 Å². The molecule has 0 aliphatic carbocycles. The number of nitrogens with zero attached hydrogens (tertiary/aromatic N) is 2. The van der Waals surface area contributed by atoms with E-state index in [4.69, 9.17) is 4.74 Å². The average molecular weight is 481 g/mol. The summed E-state index contributed by atoms with van der Waals surface area (Å²) in [7, 11) is 0. The molecular formula is C18H12Br2FN3O2. The summed E-state index contributed by atoms with van der Waals surface area (Å²) in [5.41, 5.74) is 1.14. The van der Waals surface area contributed by atoms with Gasteiger partial charge in [-0.3, -0.25) is 4.79 Å². The number of hydrogen-bond donors (Lipinski definition) is 1. The molecule has 0 saturated carbocycles. The summed E-state index contributed by atoms with van der Waals surface area (Å²) in [5, 5.41) is 2.59. The average Bonchev–Trinajstić information content (AvgIpc) is 2.63. The van der Waals surface area contributed by atoms with Gasteiger partial charge in [0, 0.05) is 5.56 Å². The maximum atomic E-state index is 13.3. The highest BCUT2D eigenvalue weighted by molar-refractivity contribution is 9.11. The van der Waals surface area contributed by atoms with Crippen molar-refractivity contribution in [3.05, 3.63) is 80.7 Å². The van der Waals surface area contributed by atoms with E-state index in [1.807, 2.05) is 30.3 Å². The molecule has 8 heteroatoms. The van der Waals surface area contributed by atoms with E-state index in [1.165, 1.54) is 18.2 Å². The van der Waals surface area contributed by atoms with Crippen molar-refractivity contribution in [1.82, 2.24) is 9.97 Å². The molecule has 0 fully saturated rings. The van der Waals surface area contributed by atoms with Crippen LogP contribution in [0.5, 0.6) is 5.88 Å². The van der Waals surface area contributed by atoms with E-state index in [1.54, 1.807) is 0 Å². The van der Waals surface area contributed by atoms with Crippen LogP contribution in [0, 0.1) is 5.82 Å². The first-order valence-electron chi connectivity index (χ1n) is 7.49. The maximum Gasteiger partial charge on any atom is 0.256 e. The van der Waals surface area contributed by atoms with Crippen molar-refractivity contribution in [1.29, 1.82) is 0 Å². The zero-order valence-electron chi connectivity index (χ0n) is 13.2. The molecule has 1 N–H and O–H groups in total. The lowest BCUT2D eigenvalue weighted by atomic mass is 10.2. The molecule has 0 aliphatic heterocycles. The Balaban J connectivity index is 1.78. The number of amides is 1. The number of carbonyl (C=O) groups is 1. The van der Waals surface area contributed by atoms with Gasteiger partial charge in [-0.05, 0) is 55.6 Å². The van der Waals surface area contributed by atoms with Crippen molar-refractivity contribution < 1.29 is 13.9 Å². The summed E-state index contributed by atoms with van der Waals surface area (Å²) in [4.78, 5) is 20.8. The van der Waals surface area contributed by atoms with Crippen LogP contribution in [0.3, 0.4) is 0 Å². The summed E-state index contributed by atoms with van der Waals surface area (Å²) in [6.45, 7) is 0.299. The monoisotopic (exact) mass is 479 g/mol. The second-order valence-corrected chi connectivity index (χ2v) is 6.70. The van der Waals surface area contributed by atoms with Crippen LogP contribution in [0.4, 0.5) is 10.2 Å². The number of ether oxygens (including phenoxy) is 1. The van der Waals surface area contributed by atoms with Gasteiger partial charge in [-0.25, -0.2) is 9.37 Å². The molecule has 1 aromatic heterocycles. The van der Waals surface area contributed by atoms with E-state index < -0.39 is 11.7 Å². The third-order valence-corrected chi connectivity index (χ3v) is 4.39. The lowest BCUT2D eigenvalue weighted by molar-refractivity contribution is 0.102. The van der Waals surface area contributed by atoms with Gasteiger partial charge in [0.2, 0.25) is 5.88 Å². The number of nitrogens with one attached hydrogen (secondary N) is 1. The van der Waals surface area contributed by atoms with Gasteiger partial charge in [0.15, 0.2) is 10.4 Å². The molecule has 0 unspecified atom stereocenters. The fourth-order valence-corrected chi connectivity index (χ4v) is 3.07. The number of carbonyl (C=O) groups excluding carboxylic acids is 1. The minimum Gasteiger partial charge on any atom is -0.471 e. The molecule has 0 spiro atoms. The number of hydrogen-bond acceptors (Lipinski definition) is 4. The molecule has 0 radical (unpaired) electrons. The van der Waals surface area contributed by atoms with E-state index in [-0.39, 0.29) is 17.3 Å². The van der Waals surface area contributed by atoms with Crippen LogP contribution < -0.4 is 10.1 Å². The number of halogens is 3. The Morgan fingerprint density at radius 1 is 1.04 bits per heavy atom. The van der Waals surface area contributed by atoms with Crippen molar-refractivity contribution in [3.63, 3.8) is 0 Å². The molecule has 3 rings (SSSR count). The van der Waals surface area contributed by atoms with Crippen molar-refractivity contribution in [2.75, 3.05) is 5.32 Å². The fourth-order valence-electron chi connectivity index (χ4n) is 2.09. The second kappa shape index (κ2) is 8.37. The third-order valence-electron chi connectivity index (χ3n) is 3.32. The van der Waals surface area contributed by atoms with Gasteiger partial charge in [-0.15, -0.1) is 0 Å². The van der Waals surface area contributed by atoms with Crippen LogP contribution in [-0.4, -0.2) is 15.9 Å². The first-order valence-corrected chi connectivity index (χ1v) is 9.08. The first-order chi connectivity index (χ1) is 12.5. The Labute approximate surface area is 165 Å². The van der Waals surface area contributed by atoms with Gasteiger partial charge in [-0.1, -0.05) is 36.4 Å². The fraction of sp³-hybridized carbons (Fsp3) is 0.0556. The lowest BCUT2D eigenvalue weighted by Crippen LogP contribution is -2.14. The SMILES string of the molecule is O=C(Nc1nc(OCc2ccccc2)c(Br)nc1Br)c1cccc(F)c1. The maximum absolute atomic E-state index is 13.3. The van der Waals surface area contributed by atoms with Crippen LogP contribution in [0.25, 0.3) is 0 Å². The summed E-state index contributed by atoms with van der Waals surface area (Å²) < 4.78 is 19.7. The largest absolute Gasteiger partial charge is 0.471 e. The Morgan fingerprint density at radius 2 is 1.81 bits per heavy atom. The Kier molecular flexibility index (Phi) is 5.95. The Morgan fingerprint density at radius 3 is 2.54 bits per heavy atom. The normalized spacial score (nSPS) is 10.4. The van der Waals surface area contributed by atoms with Gasteiger partial charge in [0.1, 0.15) is 17.0 Å². The topological polar surface area (TPSA) is 64.1 Å². The molecule has 132 valence electrons. The zero-order valence-corrected chi connectivity index (χ0v) is 16.4. The predicted molar refractivity (Wildman–Crippen MR) is 103 cm³/mol. The van der Waals surface area contributed by atoms with Gasteiger partial charge in [0.25, 0.3) is 5.91 Å². The van der Waals surface area contributed by atoms with Crippen molar-refractivity contribution in [3.8, 4) is 5.88 Å². The third kappa shape index (κ3) is 4.64. The smallest absolute Gasteiger partial charge is 0.256 e. The quantitative estimate of drug-likeness (QED) is 0.559. The standard InChI is InChI=1S/C18H12Br2FN3O2/c19-14-16(23-17(25)12-7-4-8-13(21)9-12)24-18(15(20)22-14)26-10-11-5-2-1-3-6-11/h1-9H,10H2,(H,23,24,25). The van der Waals surface area contributed by atoms with Gasteiger partial charge >= 0.3 is 0 Å². The molecule has 0 saturated heterocycles. The molecule has 2 aromatic carbocycles. The Bertz CT molecular complexity index is 939. The van der Waals surface area contributed by atoms with E-state index >= 15 is 0 Å². The van der Waals surface area contributed by atoms with Crippen LogP contribution in [-0.2, 0) is 6.61 Å². The van der Waals surface area contributed by atoms with Crippen molar-refractivity contribution in [2.24, 2.45) is 0 Å². The van der Waals surface area contributed by atoms with E-state index in [2.05, 4.69) is 47.1 Å². The zero-order chi connectivity index (χ0) is 18.5. The highest BCUT2D eigenvalue weighted by atomic mass is 79.9. The number of rotatable bonds is 5. The van der Waals surface area contributed by atoms with Gasteiger partial charge < -0.3 is 10.1 Å². The van der Waals surface area contributed by atoms with E-state index in [0.717, 1.165) is 11.6 Å². The van der Waals surface area contributed by atoms with Crippen LogP contribution in [0.15, 0.2) is 63.8 Å². The van der Waals surface area contributed by atoms with Crippen LogP contribution in [0.2, 0.25) is 0 Å². The molecule has 26 heavy (non-hydrogen) atoms. The highest BCUT2D eigenvalue weighted by Crippen LogP contribution is 2.28. The molecule has 5 nitrogen and oxygen atoms in total. The molecular weight excluding hydrogens is 469 g/mol. The minimum absolute atomic E-state index is 0.172. The highest BCUT2D eigenvalue weighted by Gasteiger charge is 2.15. The van der Waals surface area contributed by atoms with Gasteiger partial charge in [0.05, 0.1) is 0 Å². The van der Waals surface area contributed by atoms with Crippen molar-refractivity contribution >= 4 is 43.6 Å². The van der Waals surface area contributed by atoms with Crippen LogP contribution in [0.1, 0.15) is 15.9 Å². The predicted octanol–water partition coefficient (Wildman–Crippen LogP) is 4.97. The number of anilines is 1. The molecule has 1 heterocycles. The summed E-state index contributed by atoms with van der Waals surface area (Å²) in [6.07, 6.45) is 0. The lowest BCUT2D eigenvalue weighted by Gasteiger charge is -2.11. The minimum atomic E-state index is -0.504. The molecule has 0 aliphatic rings. The Hall–Kier alpha value is -2.32. The molecule has 1 amide bonds. The first kappa shape index (κ1) is 18.5. The number of benzene rings is 2. The number of aromatic nitrogens is 2. The van der Waals surface area contributed by atoms with E-state index in [9.17, 15) is 9.18 Å². The van der Waals surface area contributed by atoms with E-state index in [0.29, 0.717) is 15.8 Å². The summed E-state index contributed by atoms with van der Waals surface area (Å²) in [5.74, 6) is -0.599. The molecule has 0 bridgehead atoms.